The summed E-state index contributed by atoms with van der Waals surface area (Å²) >= 11 is 0. The van der Waals surface area contributed by atoms with Crippen molar-refractivity contribution >= 4 is 17.6 Å². The normalized spacial score (nSPS) is 16.7. The van der Waals surface area contributed by atoms with E-state index < -0.39 is 0 Å². The second-order valence-corrected chi connectivity index (χ2v) is 7.44. The second-order valence-electron chi connectivity index (χ2n) is 7.44. The molecule has 1 fully saturated rings. The summed E-state index contributed by atoms with van der Waals surface area (Å²) in [6.07, 6.45) is 1.81. The number of methoxy groups -OCH3 is 2. The van der Waals surface area contributed by atoms with Crippen LogP contribution in [0.4, 0.5) is 10.5 Å². The Hall–Kier alpha value is -3.22. The van der Waals surface area contributed by atoms with Gasteiger partial charge < -0.3 is 25.0 Å². The molecule has 0 spiro atoms. The van der Waals surface area contributed by atoms with Crippen LogP contribution in [0.25, 0.3) is 0 Å². The van der Waals surface area contributed by atoms with Gasteiger partial charge in [0.05, 0.1) is 26.3 Å². The molecule has 7 nitrogen and oxygen atoms in total. The van der Waals surface area contributed by atoms with Gasteiger partial charge in [-0.15, -0.1) is 0 Å². The molecule has 2 unspecified atom stereocenters. The third-order valence-electron chi connectivity index (χ3n) is 5.36. The highest BCUT2D eigenvalue weighted by Gasteiger charge is 2.32. The zero-order chi connectivity index (χ0) is 21.7. The molecule has 0 aliphatic carbocycles. The number of hydrogen-bond donors (Lipinski definition) is 2. The first-order valence-corrected chi connectivity index (χ1v) is 10.1. The molecule has 1 aliphatic heterocycles. The number of urea groups is 1. The van der Waals surface area contributed by atoms with Gasteiger partial charge in [0.15, 0.2) is 0 Å². The van der Waals surface area contributed by atoms with Crippen LogP contribution in [-0.2, 0) is 4.79 Å². The van der Waals surface area contributed by atoms with E-state index in [1.807, 2.05) is 54.3 Å². The number of likely N-dealkylation sites (tertiary alicyclic amines) is 1. The SMILES string of the molecule is COc1ccc(C2CCCN2C(=O)NC(C)c2cccc(NC(C)=O)c2)c(OC)c1. The van der Waals surface area contributed by atoms with Gasteiger partial charge in [-0.05, 0) is 49.6 Å². The standard InChI is InChI=1S/C23H29N3O4/c1-15(17-7-5-8-18(13-17)25-16(2)27)24-23(28)26-12-6-9-21(26)20-11-10-19(29-3)14-22(20)30-4/h5,7-8,10-11,13-15,21H,6,9,12H2,1-4H3,(H,24,28)(H,25,27). The summed E-state index contributed by atoms with van der Waals surface area (Å²) in [5, 5.41) is 5.86. The van der Waals surface area contributed by atoms with Gasteiger partial charge >= 0.3 is 6.03 Å². The second kappa shape index (κ2) is 9.52. The quantitative estimate of drug-likeness (QED) is 0.744. The monoisotopic (exact) mass is 411 g/mol. The van der Waals surface area contributed by atoms with E-state index in [2.05, 4.69) is 10.6 Å². The first-order valence-electron chi connectivity index (χ1n) is 10.1. The Bertz CT molecular complexity index is 915. The summed E-state index contributed by atoms with van der Waals surface area (Å²) in [5.41, 5.74) is 2.61. The van der Waals surface area contributed by atoms with Crippen molar-refractivity contribution in [3.05, 3.63) is 53.6 Å². The largest absolute Gasteiger partial charge is 0.497 e. The molecule has 1 heterocycles. The van der Waals surface area contributed by atoms with Gasteiger partial charge in [0.2, 0.25) is 5.91 Å². The van der Waals surface area contributed by atoms with E-state index in [9.17, 15) is 9.59 Å². The smallest absolute Gasteiger partial charge is 0.318 e. The van der Waals surface area contributed by atoms with Crippen molar-refractivity contribution in [1.29, 1.82) is 0 Å². The number of rotatable bonds is 6. The summed E-state index contributed by atoms with van der Waals surface area (Å²) in [4.78, 5) is 26.2. The first-order chi connectivity index (χ1) is 14.4. The molecule has 0 aromatic heterocycles. The van der Waals surface area contributed by atoms with Crippen molar-refractivity contribution in [2.75, 3.05) is 26.1 Å². The molecule has 1 aliphatic rings. The van der Waals surface area contributed by atoms with Gasteiger partial charge in [-0.1, -0.05) is 12.1 Å². The molecule has 2 aromatic carbocycles. The number of anilines is 1. The predicted molar refractivity (Wildman–Crippen MR) is 116 cm³/mol. The Balaban J connectivity index is 1.74. The Labute approximate surface area is 177 Å². The predicted octanol–water partition coefficient (Wildman–Crippen LogP) is 4.27. The van der Waals surface area contributed by atoms with Crippen molar-refractivity contribution in [2.45, 2.75) is 38.8 Å². The van der Waals surface area contributed by atoms with E-state index in [4.69, 9.17) is 9.47 Å². The van der Waals surface area contributed by atoms with E-state index >= 15 is 0 Å². The van der Waals surface area contributed by atoms with E-state index in [-0.39, 0.29) is 24.0 Å². The summed E-state index contributed by atoms with van der Waals surface area (Å²) in [7, 11) is 3.24. The molecule has 3 rings (SSSR count). The van der Waals surface area contributed by atoms with Gasteiger partial charge in [-0.2, -0.15) is 0 Å². The lowest BCUT2D eigenvalue weighted by atomic mass is 10.0. The van der Waals surface area contributed by atoms with Crippen LogP contribution < -0.4 is 20.1 Å². The number of carbonyl (C=O) groups excluding carboxylic acids is 2. The number of ether oxygens (including phenoxy) is 2. The number of carbonyl (C=O) groups is 2. The van der Waals surface area contributed by atoms with E-state index in [1.54, 1.807) is 14.2 Å². The molecule has 2 atom stereocenters. The Morgan fingerprint density at radius 2 is 1.93 bits per heavy atom. The molecule has 3 amide bonds. The third-order valence-corrected chi connectivity index (χ3v) is 5.36. The topological polar surface area (TPSA) is 79.9 Å². The molecule has 7 heteroatoms. The van der Waals surface area contributed by atoms with Gasteiger partial charge in [0.25, 0.3) is 0 Å². The Morgan fingerprint density at radius 3 is 2.63 bits per heavy atom. The fourth-order valence-corrected chi connectivity index (χ4v) is 3.87. The molecule has 2 N–H and O–H groups in total. The fraction of sp³-hybridized carbons (Fsp3) is 0.391. The van der Waals surface area contributed by atoms with Crippen LogP contribution in [-0.4, -0.2) is 37.6 Å². The fourth-order valence-electron chi connectivity index (χ4n) is 3.87. The zero-order valence-corrected chi connectivity index (χ0v) is 17.9. The summed E-state index contributed by atoms with van der Waals surface area (Å²) < 4.78 is 10.8. The Kier molecular flexibility index (Phi) is 6.82. The lowest BCUT2D eigenvalue weighted by Crippen LogP contribution is -2.40. The average Bonchev–Trinajstić information content (AvgIpc) is 3.22. The van der Waals surface area contributed by atoms with Crippen LogP contribution in [0.5, 0.6) is 11.5 Å². The maximum atomic E-state index is 13.1. The van der Waals surface area contributed by atoms with Gasteiger partial charge in [0, 0.05) is 30.8 Å². The van der Waals surface area contributed by atoms with Crippen molar-refractivity contribution in [3.8, 4) is 11.5 Å². The van der Waals surface area contributed by atoms with Crippen molar-refractivity contribution < 1.29 is 19.1 Å². The highest BCUT2D eigenvalue weighted by molar-refractivity contribution is 5.88. The van der Waals surface area contributed by atoms with Gasteiger partial charge in [-0.3, -0.25) is 4.79 Å². The number of benzene rings is 2. The highest BCUT2D eigenvalue weighted by Crippen LogP contribution is 2.38. The lowest BCUT2D eigenvalue weighted by Gasteiger charge is -2.28. The number of nitrogens with one attached hydrogen (secondary N) is 2. The van der Waals surface area contributed by atoms with E-state index in [0.717, 1.165) is 35.5 Å². The Morgan fingerprint density at radius 1 is 1.13 bits per heavy atom. The summed E-state index contributed by atoms with van der Waals surface area (Å²) in [5.74, 6) is 1.31. The van der Waals surface area contributed by atoms with Crippen LogP contribution in [0.2, 0.25) is 0 Å². The number of hydrogen-bond acceptors (Lipinski definition) is 4. The minimum atomic E-state index is -0.203. The molecular formula is C23H29N3O4. The molecule has 2 aromatic rings. The van der Waals surface area contributed by atoms with Gasteiger partial charge in [0.1, 0.15) is 11.5 Å². The molecule has 0 radical (unpaired) electrons. The highest BCUT2D eigenvalue weighted by atomic mass is 16.5. The molecular weight excluding hydrogens is 382 g/mol. The van der Waals surface area contributed by atoms with Crippen LogP contribution in [0.3, 0.4) is 0 Å². The molecule has 0 bridgehead atoms. The molecule has 0 saturated carbocycles. The minimum Gasteiger partial charge on any atom is -0.497 e. The number of amides is 3. The van der Waals surface area contributed by atoms with Gasteiger partial charge in [-0.25, -0.2) is 4.79 Å². The lowest BCUT2D eigenvalue weighted by molar-refractivity contribution is -0.114. The van der Waals surface area contributed by atoms with Crippen LogP contribution in [0.1, 0.15) is 49.9 Å². The van der Waals surface area contributed by atoms with E-state index in [1.165, 1.54) is 6.92 Å². The minimum absolute atomic E-state index is 0.0521. The summed E-state index contributed by atoms with van der Waals surface area (Å²) in [6, 6.07) is 12.8. The first kappa shape index (κ1) is 21.5. The average molecular weight is 412 g/mol. The van der Waals surface area contributed by atoms with Crippen LogP contribution in [0, 0.1) is 0 Å². The number of nitrogens with zero attached hydrogens (tertiary/aromatic N) is 1. The van der Waals surface area contributed by atoms with Crippen LogP contribution in [0.15, 0.2) is 42.5 Å². The van der Waals surface area contributed by atoms with Crippen molar-refractivity contribution in [2.24, 2.45) is 0 Å². The van der Waals surface area contributed by atoms with Crippen LogP contribution >= 0.6 is 0 Å². The molecule has 160 valence electrons. The summed E-state index contributed by atoms with van der Waals surface area (Å²) in [6.45, 7) is 4.09. The molecule has 30 heavy (non-hydrogen) atoms. The zero-order valence-electron chi connectivity index (χ0n) is 17.9. The van der Waals surface area contributed by atoms with Crippen molar-refractivity contribution in [1.82, 2.24) is 10.2 Å². The van der Waals surface area contributed by atoms with E-state index in [0.29, 0.717) is 12.2 Å². The van der Waals surface area contributed by atoms with Crippen molar-refractivity contribution in [3.63, 3.8) is 0 Å². The molecule has 1 saturated heterocycles. The maximum absolute atomic E-state index is 13.1. The third kappa shape index (κ3) is 4.84. The maximum Gasteiger partial charge on any atom is 0.318 e.